The molecule has 4 rings (SSSR count). The summed E-state index contributed by atoms with van der Waals surface area (Å²) in [5.74, 6) is 0.394. The van der Waals surface area contributed by atoms with Crippen molar-refractivity contribution in [3.8, 4) is 0 Å². The number of rotatable bonds is 4. The first-order valence-electron chi connectivity index (χ1n) is 8.96. The standard InChI is InChI=1S/C18H23FN4O2/c19-12-3-4-14-15(10-12)22-17(21-14)11-20-18(24)16-2-1-7-23(16)13-5-8-25-9-6-13/h3-4,10,13,16H,1-2,5-9,11H2,(H,20,24)(H,21,22). The van der Waals surface area contributed by atoms with Crippen LogP contribution in [0.2, 0.25) is 0 Å². The minimum atomic E-state index is -0.301. The Morgan fingerprint density at radius 2 is 2.20 bits per heavy atom. The summed E-state index contributed by atoms with van der Waals surface area (Å²) in [7, 11) is 0. The molecule has 2 saturated heterocycles. The van der Waals surface area contributed by atoms with Gasteiger partial charge in [0.05, 0.1) is 23.6 Å². The number of benzene rings is 1. The van der Waals surface area contributed by atoms with E-state index in [4.69, 9.17) is 4.74 Å². The summed E-state index contributed by atoms with van der Waals surface area (Å²) in [4.78, 5) is 22.4. The zero-order chi connectivity index (χ0) is 17.2. The Labute approximate surface area is 145 Å². The van der Waals surface area contributed by atoms with Crippen LogP contribution in [0.15, 0.2) is 18.2 Å². The van der Waals surface area contributed by atoms with Crippen molar-refractivity contribution in [1.82, 2.24) is 20.2 Å². The Morgan fingerprint density at radius 1 is 1.36 bits per heavy atom. The molecule has 1 unspecified atom stereocenters. The number of aromatic nitrogens is 2. The third-order valence-corrected chi connectivity index (χ3v) is 5.18. The van der Waals surface area contributed by atoms with Crippen LogP contribution in [0.3, 0.4) is 0 Å². The average Bonchev–Trinajstić information content (AvgIpc) is 3.26. The van der Waals surface area contributed by atoms with Gasteiger partial charge < -0.3 is 15.0 Å². The third kappa shape index (κ3) is 3.52. The molecule has 2 aliphatic heterocycles. The summed E-state index contributed by atoms with van der Waals surface area (Å²) < 4.78 is 18.7. The Kier molecular flexibility index (Phi) is 4.67. The van der Waals surface area contributed by atoms with E-state index in [1.54, 1.807) is 6.07 Å². The second-order valence-corrected chi connectivity index (χ2v) is 6.80. The molecule has 2 aromatic rings. The summed E-state index contributed by atoms with van der Waals surface area (Å²) in [6.07, 6.45) is 3.95. The second kappa shape index (κ2) is 7.09. The van der Waals surface area contributed by atoms with Crippen molar-refractivity contribution < 1.29 is 13.9 Å². The van der Waals surface area contributed by atoms with E-state index in [1.807, 2.05) is 0 Å². The second-order valence-electron chi connectivity index (χ2n) is 6.80. The van der Waals surface area contributed by atoms with Gasteiger partial charge in [0, 0.05) is 19.3 Å². The number of imidazole rings is 1. The molecular formula is C18H23FN4O2. The molecule has 0 radical (unpaired) electrons. The maximum Gasteiger partial charge on any atom is 0.237 e. The highest BCUT2D eigenvalue weighted by molar-refractivity contribution is 5.82. The molecular weight excluding hydrogens is 323 g/mol. The number of H-pyrrole nitrogens is 1. The predicted octanol–water partition coefficient (Wildman–Crippen LogP) is 1.96. The van der Waals surface area contributed by atoms with Gasteiger partial charge in [-0.1, -0.05) is 0 Å². The van der Waals surface area contributed by atoms with Crippen molar-refractivity contribution >= 4 is 16.9 Å². The number of nitrogens with one attached hydrogen (secondary N) is 2. The van der Waals surface area contributed by atoms with Crippen LogP contribution in [0.1, 0.15) is 31.5 Å². The summed E-state index contributed by atoms with van der Waals surface area (Å²) in [5.41, 5.74) is 1.35. The van der Waals surface area contributed by atoms with Crippen LogP contribution in [0.25, 0.3) is 11.0 Å². The molecule has 0 bridgehead atoms. The molecule has 0 aliphatic carbocycles. The molecule has 2 fully saturated rings. The van der Waals surface area contributed by atoms with Crippen molar-refractivity contribution in [2.24, 2.45) is 0 Å². The molecule has 134 valence electrons. The normalized spacial score (nSPS) is 22.5. The highest BCUT2D eigenvalue weighted by atomic mass is 19.1. The number of hydrogen-bond donors (Lipinski definition) is 2. The van der Waals surface area contributed by atoms with Gasteiger partial charge in [-0.25, -0.2) is 9.37 Å². The van der Waals surface area contributed by atoms with Crippen LogP contribution >= 0.6 is 0 Å². The van der Waals surface area contributed by atoms with E-state index in [2.05, 4.69) is 20.2 Å². The molecule has 1 amide bonds. The van der Waals surface area contributed by atoms with Crippen molar-refractivity contribution in [2.75, 3.05) is 19.8 Å². The number of hydrogen-bond acceptors (Lipinski definition) is 4. The number of ether oxygens (including phenoxy) is 1. The number of nitrogens with zero attached hydrogens (tertiary/aromatic N) is 2. The van der Waals surface area contributed by atoms with Crippen LogP contribution in [-0.2, 0) is 16.1 Å². The zero-order valence-electron chi connectivity index (χ0n) is 14.1. The summed E-state index contributed by atoms with van der Waals surface area (Å²) in [6.45, 7) is 2.87. The first kappa shape index (κ1) is 16.5. The first-order chi connectivity index (χ1) is 12.2. The molecule has 7 heteroatoms. The molecule has 0 spiro atoms. The molecule has 2 N–H and O–H groups in total. The molecule has 6 nitrogen and oxygen atoms in total. The number of fused-ring (bicyclic) bond motifs is 1. The van der Waals surface area contributed by atoms with Gasteiger partial charge in [0.15, 0.2) is 0 Å². The predicted molar refractivity (Wildman–Crippen MR) is 91.5 cm³/mol. The third-order valence-electron chi connectivity index (χ3n) is 5.18. The molecule has 25 heavy (non-hydrogen) atoms. The van der Waals surface area contributed by atoms with Crippen molar-refractivity contribution in [3.63, 3.8) is 0 Å². The fourth-order valence-electron chi connectivity index (χ4n) is 3.93. The lowest BCUT2D eigenvalue weighted by atomic mass is 10.1. The number of aromatic amines is 1. The van der Waals surface area contributed by atoms with Gasteiger partial charge in [-0.05, 0) is 50.4 Å². The van der Waals surface area contributed by atoms with E-state index in [9.17, 15) is 9.18 Å². The van der Waals surface area contributed by atoms with Gasteiger partial charge in [-0.3, -0.25) is 9.69 Å². The van der Waals surface area contributed by atoms with Gasteiger partial charge >= 0.3 is 0 Å². The van der Waals surface area contributed by atoms with Crippen molar-refractivity contribution in [3.05, 3.63) is 29.8 Å². The van der Waals surface area contributed by atoms with Gasteiger partial charge in [0.2, 0.25) is 5.91 Å². The van der Waals surface area contributed by atoms with E-state index in [-0.39, 0.29) is 17.8 Å². The van der Waals surface area contributed by atoms with Crippen molar-refractivity contribution in [2.45, 2.75) is 44.3 Å². The Hall–Kier alpha value is -1.99. The van der Waals surface area contributed by atoms with E-state index in [0.29, 0.717) is 29.4 Å². The number of halogens is 1. The molecule has 1 aromatic carbocycles. The van der Waals surface area contributed by atoms with Gasteiger partial charge in [0.25, 0.3) is 0 Å². The highest BCUT2D eigenvalue weighted by Crippen LogP contribution is 2.25. The number of carbonyl (C=O) groups is 1. The molecule has 3 heterocycles. The van der Waals surface area contributed by atoms with Crippen LogP contribution in [0.4, 0.5) is 4.39 Å². The monoisotopic (exact) mass is 346 g/mol. The fourth-order valence-corrected chi connectivity index (χ4v) is 3.93. The Balaban J connectivity index is 1.38. The smallest absolute Gasteiger partial charge is 0.237 e. The molecule has 1 aromatic heterocycles. The fraction of sp³-hybridized carbons (Fsp3) is 0.556. The largest absolute Gasteiger partial charge is 0.381 e. The average molecular weight is 346 g/mol. The first-order valence-corrected chi connectivity index (χ1v) is 8.96. The van der Waals surface area contributed by atoms with Gasteiger partial charge in [-0.2, -0.15) is 0 Å². The topological polar surface area (TPSA) is 70.2 Å². The van der Waals surface area contributed by atoms with E-state index >= 15 is 0 Å². The molecule has 1 atom stereocenters. The van der Waals surface area contributed by atoms with E-state index < -0.39 is 0 Å². The minimum absolute atomic E-state index is 0.0515. The van der Waals surface area contributed by atoms with Crippen molar-refractivity contribution in [1.29, 1.82) is 0 Å². The quantitative estimate of drug-likeness (QED) is 0.888. The summed E-state index contributed by atoms with van der Waals surface area (Å²) in [6, 6.07) is 4.81. The molecule has 0 saturated carbocycles. The minimum Gasteiger partial charge on any atom is -0.381 e. The number of carbonyl (C=O) groups excluding carboxylic acids is 1. The van der Waals surface area contributed by atoms with E-state index in [1.165, 1.54) is 12.1 Å². The lowest BCUT2D eigenvalue weighted by Crippen LogP contribution is -2.49. The highest BCUT2D eigenvalue weighted by Gasteiger charge is 2.35. The summed E-state index contributed by atoms with van der Waals surface area (Å²) >= 11 is 0. The van der Waals surface area contributed by atoms with Crippen LogP contribution in [-0.4, -0.2) is 52.6 Å². The number of likely N-dealkylation sites (tertiary alicyclic amines) is 1. The van der Waals surface area contributed by atoms with Crippen LogP contribution in [0, 0.1) is 5.82 Å². The Bertz CT molecular complexity index is 757. The van der Waals surface area contributed by atoms with Gasteiger partial charge in [-0.15, -0.1) is 0 Å². The Morgan fingerprint density at radius 3 is 3.04 bits per heavy atom. The SMILES string of the molecule is O=C(NCc1nc2ccc(F)cc2[nH]1)C1CCCN1C1CCOCC1. The van der Waals surface area contributed by atoms with Gasteiger partial charge in [0.1, 0.15) is 11.6 Å². The van der Waals surface area contributed by atoms with E-state index in [0.717, 1.165) is 45.4 Å². The zero-order valence-corrected chi connectivity index (χ0v) is 14.1. The lowest BCUT2D eigenvalue weighted by Gasteiger charge is -2.34. The van der Waals surface area contributed by atoms with Crippen LogP contribution < -0.4 is 5.32 Å². The maximum atomic E-state index is 13.3. The maximum absolute atomic E-state index is 13.3. The van der Waals surface area contributed by atoms with Crippen LogP contribution in [0.5, 0.6) is 0 Å². The lowest BCUT2D eigenvalue weighted by molar-refractivity contribution is -0.127. The number of amides is 1. The molecule has 2 aliphatic rings. The summed E-state index contributed by atoms with van der Waals surface area (Å²) in [5, 5.41) is 2.99.